The number of hydrogen-bond donors (Lipinski definition) is 5. The molecule has 0 aliphatic rings. The summed E-state index contributed by atoms with van der Waals surface area (Å²) < 4.78 is 33.3. The lowest BCUT2D eigenvalue weighted by Crippen LogP contribution is -2.24. The van der Waals surface area contributed by atoms with Crippen molar-refractivity contribution < 1.29 is 43.0 Å². The molecule has 2 unspecified atom stereocenters. The van der Waals surface area contributed by atoms with Gasteiger partial charge in [0.05, 0.1) is 11.1 Å². The highest BCUT2D eigenvalue weighted by molar-refractivity contribution is 7.86. The Morgan fingerprint density at radius 2 is 1.59 bits per heavy atom. The van der Waals surface area contributed by atoms with Crippen LogP contribution >= 0.6 is 0 Å². The fraction of sp³-hybridized carbons (Fsp3) is 0.417. The van der Waals surface area contributed by atoms with Crippen LogP contribution in [-0.2, 0) is 10.1 Å². The zero-order valence-corrected chi connectivity index (χ0v) is 19.9. The number of unbranched alkanes of at least 4 members (excludes halogenated alkanes) is 1. The number of rotatable bonds is 12. The van der Waals surface area contributed by atoms with Crippen molar-refractivity contribution in [3.63, 3.8) is 0 Å². The minimum absolute atomic E-state index is 0.00638. The minimum Gasteiger partial charge on any atom is -0.504 e. The first kappa shape index (κ1) is 27.1. The molecule has 0 amide bonds. The Labute approximate surface area is 198 Å². The molecule has 2 atom stereocenters. The Morgan fingerprint density at radius 1 is 0.941 bits per heavy atom. The molecule has 2 aromatic carbocycles. The van der Waals surface area contributed by atoms with Crippen LogP contribution in [0.3, 0.4) is 0 Å². The maximum atomic E-state index is 13.5. The summed E-state index contributed by atoms with van der Waals surface area (Å²) in [5.74, 6) is -5.69. The highest BCUT2D eigenvalue weighted by Gasteiger charge is 2.34. The summed E-state index contributed by atoms with van der Waals surface area (Å²) in [6.07, 6.45) is 2.91. The highest BCUT2D eigenvalue weighted by atomic mass is 32.2. The molecule has 2 rings (SSSR count). The van der Waals surface area contributed by atoms with Gasteiger partial charge in [0.15, 0.2) is 34.6 Å². The van der Waals surface area contributed by atoms with Crippen LogP contribution in [0.1, 0.15) is 73.1 Å². The minimum atomic E-state index is -4.94. The molecule has 0 aromatic heterocycles. The van der Waals surface area contributed by atoms with Gasteiger partial charge in [-0.2, -0.15) is 8.42 Å². The SMILES string of the molecule is CCCCC(CC)CC(CC(=O)c1cccc(O)c1O)C(=O)c1c(S(=O)(=O)O)ccc(O)c1O. The molecule has 0 bridgehead atoms. The van der Waals surface area contributed by atoms with Crippen LogP contribution in [0.4, 0.5) is 0 Å². The summed E-state index contributed by atoms with van der Waals surface area (Å²) in [6, 6.07) is 5.45. The van der Waals surface area contributed by atoms with Crippen molar-refractivity contribution >= 4 is 21.7 Å². The largest absolute Gasteiger partial charge is 0.504 e. The molecule has 0 fully saturated rings. The summed E-state index contributed by atoms with van der Waals surface area (Å²) in [4.78, 5) is 25.6. The van der Waals surface area contributed by atoms with Gasteiger partial charge in [0, 0.05) is 12.3 Å². The molecule has 0 saturated carbocycles. The number of carbonyl (C=O) groups excluding carboxylic acids is 2. The third-order valence-corrected chi connectivity index (χ3v) is 6.82. The summed E-state index contributed by atoms with van der Waals surface area (Å²) >= 11 is 0. The van der Waals surface area contributed by atoms with Gasteiger partial charge < -0.3 is 20.4 Å². The molecule has 186 valence electrons. The van der Waals surface area contributed by atoms with Crippen LogP contribution in [0, 0.1) is 11.8 Å². The summed E-state index contributed by atoms with van der Waals surface area (Å²) in [6.45, 7) is 3.92. The van der Waals surface area contributed by atoms with Gasteiger partial charge in [-0.15, -0.1) is 0 Å². The van der Waals surface area contributed by atoms with Gasteiger partial charge in [-0.05, 0) is 36.6 Å². The quantitative estimate of drug-likeness (QED) is 0.163. The van der Waals surface area contributed by atoms with Gasteiger partial charge in [-0.25, -0.2) is 0 Å². The third kappa shape index (κ3) is 6.27. The van der Waals surface area contributed by atoms with Crippen molar-refractivity contribution in [2.24, 2.45) is 11.8 Å². The maximum Gasteiger partial charge on any atom is 0.295 e. The van der Waals surface area contributed by atoms with Crippen LogP contribution in [0.25, 0.3) is 0 Å². The normalized spacial score (nSPS) is 13.4. The topological polar surface area (TPSA) is 169 Å². The standard InChI is InChI=1S/C24H30O9S/c1-3-5-7-14(4-2)12-15(13-19(27)16-8-6-9-17(25)23(16)29)22(28)21-20(34(31,32)33)11-10-18(26)24(21)30/h6,8-11,14-15,25-26,29-30H,3-5,7,12-13H2,1-2H3,(H,31,32,33). The van der Waals surface area contributed by atoms with Crippen LogP contribution in [0.15, 0.2) is 35.2 Å². The second-order valence-corrected chi connectivity index (χ2v) is 9.69. The average Bonchev–Trinajstić information content (AvgIpc) is 2.77. The molecular weight excluding hydrogens is 464 g/mol. The van der Waals surface area contributed by atoms with Crippen LogP contribution < -0.4 is 0 Å². The Balaban J connectivity index is 2.56. The van der Waals surface area contributed by atoms with E-state index in [2.05, 4.69) is 0 Å². The molecule has 5 N–H and O–H groups in total. The highest BCUT2D eigenvalue weighted by Crippen LogP contribution is 2.38. The second-order valence-electron chi connectivity index (χ2n) is 8.30. The molecule has 2 aromatic rings. The molecule has 34 heavy (non-hydrogen) atoms. The molecular formula is C24H30O9S. The van der Waals surface area contributed by atoms with Gasteiger partial charge in [0.25, 0.3) is 10.1 Å². The third-order valence-electron chi connectivity index (χ3n) is 5.92. The molecule has 10 heteroatoms. The Hall–Kier alpha value is -3.11. The monoisotopic (exact) mass is 494 g/mol. The fourth-order valence-corrected chi connectivity index (χ4v) is 4.67. The smallest absolute Gasteiger partial charge is 0.295 e. The number of carbonyl (C=O) groups is 2. The zero-order chi connectivity index (χ0) is 25.6. The van der Waals surface area contributed by atoms with Crippen LogP contribution in [0.2, 0.25) is 0 Å². The van der Waals surface area contributed by atoms with Gasteiger partial charge in [-0.1, -0.05) is 45.6 Å². The number of phenols is 4. The van der Waals surface area contributed by atoms with E-state index in [0.717, 1.165) is 31.4 Å². The molecule has 0 aliphatic heterocycles. The zero-order valence-electron chi connectivity index (χ0n) is 19.1. The molecule has 0 radical (unpaired) electrons. The predicted octanol–water partition coefficient (Wildman–Crippen LogP) is 4.43. The maximum absolute atomic E-state index is 13.5. The number of Topliss-reactive ketones (excluding diaryl/α,β-unsaturated/α-hetero) is 2. The lowest BCUT2D eigenvalue weighted by atomic mass is 9.81. The van der Waals surface area contributed by atoms with E-state index in [-0.39, 0.29) is 17.9 Å². The van der Waals surface area contributed by atoms with Gasteiger partial charge in [-0.3, -0.25) is 14.1 Å². The van der Waals surface area contributed by atoms with E-state index in [4.69, 9.17) is 0 Å². The van der Waals surface area contributed by atoms with E-state index in [1.807, 2.05) is 13.8 Å². The molecule has 0 spiro atoms. The number of ketones is 2. The summed E-state index contributed by atoms with van der Waals surface area (Å²) in [7, 11) is -4.94. The van der Waals surface area contributed by atoms with Crippen LogP contribution in [-0.4, -0.2) is 45.0 Å². The molecule has 0 aliphatic carbocycles. The first-order valence-corrected chi connectivity index (χ1v) is 12.5. The van der Waals surface area contributed by atoms with Crippen molar-refractivity contribution in [3.8, 4) is 23.0 Å². The van der Waals surface area contributed by atoms with Crippen molar-refractivity contribution in [1.29, 1.82) is 0 Å². The van der Waals surface area contributed by atoms with E-state index < -0.39 is 67.5 Å². The van der Waals surface area contributed by atoms with Gasteiger partial charge in [0.1, 0.15) is 4.90 Å². The fourth-order valence-electron chi connectivity index (χ4n) is 3.98. The Kier molecular flexibility index (Phi) is 9.06. The number of benzene rings is 2. The van der Waals surface area contributed by atoms with E-state index in [0.29, 0.717) is 6.42 Å². The van der Waals surface area contributed by atoms with E-state index >= 15 is 0 Å². The van der Waals surface area contributed by atoms with Crippen molar-refractivity contribution in [1.82, 2.24) is 0 Å². The van der Waals surface area contributed by atoms with Gasteiger partial charge >= 0.3 is 0 Å². The van der Waals surface area contributed by atoms with Crippen LogP contribution in [0.5, 0.6) is 23.0 Å². The number of phenolic OH excluding ortho intramolecular Hbond substituents is 4. The number of para-hydroxylation sites is 1. The van der Waals surface area contributed by atoms with Gasteiger partial charge in [0.2, 0.25) is 0 Å². The molecule has 0 heterocycles. The molecule has 0 saturated heterocycles. The average molecular weight is 495 g/mol. The lowest BCUT2D eigenvalue weighted by Gasteiger charge is -2.23. The Bertz CT molecular complexity index is 1160. The van der Waals surface area contributed by atoms with Crippen molar-refractivity contribution in [2.45, 2.75) is 57.3 Å². The first-order chi connectivity index (χ1) is 15.9. The Morgan fingerprint density at radius 3 is 2.18 bits per heavy atom. The number of hydrogen-bond acceptors (Lipinski definition) is 8. The van der Waals surface area contributed by atoms with Crippen molar-refractivity contribution in [3.05, 3.63) is 41.5 Å². The predicted molar refractivity (Wildman–Crippen MR) is 124 cm³/mol. The lowest BCUT2D eigenvalue weighted by molar-refractivity contribution is 0.0822. The van der Waals surface area contributed by atoms with E-state index in [1.165, 1.54) is 18.2 Å². The summed E-state index contributed by atoms with van der Waals surface area (Å²) in [5, 5.41) is 40.0. The summed E-state index contributed by atoms with van der Waals surface area (Å²) in [5.41, 5.74) is -1.01. The number of aromatic hydroxyl groups is 4. The second kappa shape index (κ2) is 11.3. The first-order valence-electron chi connectivity index (χ1n) is 11.0. The molecule has 9 nitrogen and oxygen atoms in total. The van der Waals surface area contributed by atoms with Crippen molar-refractivity contribution in [2.75, 3.05) is 0 Å². The van der Waals surface area contributed by atoms with E-state index in [1.54, 1.807) is 0 Å². The van der Waals surface area contributed by atoms with E-state index in [9.17, 15) is 43.0 Å².